The number of anilines is 1. The normalized spacial score (nSPS) is 29.0. The molecular formula is C33H43N7O3. The molecule has 1 amide bonds. The fraction of sp³-hybridized carbons (Fsp3) is 0.667. The van der Waals surface area contributed by atoms with E-state index in [1.54, 1.807) is 0 Å². The Hall–Kier alpha value is -3.11. The van der Waals surface area contributed by atoms with Crippen LogP contribution < -0.4 is 4.90 Å². The van der Waals surface area contributed by atoms with Gasteiger partial charge in [-0.1, -0.05) is 16.4 Å². The van der Waals surface area contributed by atoms with E-state index in [0.29, 0.717) is 30.3 Å². The van der Waals surface area contributed by atoms with Crippen LogP contribution >= 0.6 is 0 Å². The van der Waals surface area contributed by atoms with Crippen molar-refractivity contribution in [1.82, 2.24) is 30.1 Å². The summed E-state index contributed by atoms with van der Waals surface area (Å²) >= 11 is 0. The summed E-state index contributed by atoms with van der Waals surface area (Å²) in [5.41, 5.74) is 1.88. The van der Waals surface area contributed by atoms with Gasteiger partial charge in [-0.2, -0.15) is 9.97 Å². The summed E-state index contributed by atoms with van der Waals surface area (Å²) in [5, 5.41) is 8.57. The van der Waals surface area contributed by atoms with Crippen molar-refractivity contribution < 1.29 is 13.8 Å². The Balaban J connectivity index is 1.03. The van der Waals surface area contributed by atoms with E-state index in [1.165, 1.54) is 12.8 Å². The minimum Gasteiger partial charge on any atom is -0.339 e. The van der Waals surface area contributed by atoms with Gasteiger partial charge in [-0.15, -0.1) is 0 Å². The molecule has 6 aliphatic rings. The Morgan fingerprint density at radius 3 is 2.30 bits per heavy atom. The van der Waals surface area contributed by atoms with Crippen LogP contribution in [-0.2, 0) is 10.2 Å². The average Bonchev–Trinajstić information content (AvgIpc) is 3.90. The summed E-state index contributed by atoms with van der Waals surface area (Å²) in [7, 11) is 4.26. The number of hydrogen-bond donors (Lipinski definition) is 0. The first-order chi connectivity index (χ1) is 20.9. The largest absolute Gasteiger partial charge is 0.339 e. The molecule has 2 aromatic heterocycles. The van der Waals surface area contributed by atoms with Crippen molar-refractivity contribution in [3.8, 4) is 11.5 Å². The van der Waals surface area contributed by atoms with Crippen LogP contribution in [0.3, 0.4) is 0 Å². The Kier molecular flexibility index (Phi) is 6.71. The molecule has 0 unspecified atom stereocenters. The van der Waals surface area contributed by atoms with Gasteiger partial charge < -0.3 is 18.8 Å². The molecule has 1 atom stereocenters. The first-order valence-corrected chi connectivity index (χ1v) is 16.4. The second kappa shape index (κ2) is 10.5. The minimum atomic E-state index is 0.00457. The zero-order chi connectivity index (χ0) is 29.2. The Morgan fingerprint density at radius 2 is 1.63 bits per heavy atom. The van der Waals surface area contributed by atoms with E-state index in [1.807, 2.05) is 12.1 Å². The van der Waals surface area contributed by atoms with Crippen LogP contribution in [-0.4, -0.2) is 82.3 Å². The van der Waals surface area contributed by atoms with Gasteiger partial charge in [0, 0.05) is 54.2 Å². The number of benzene rings is 1. The lowest BCUT2D eigenvalue weighted by atomic mass is 9.53. The molecule has 10 nitrogen and oxygen atoms in total. The molecule has 10 heteroatoms. The predicted octanol–water partition coefficient (Wildman–Crippen LogP) is 5.14. The van der Waals surface area contributed by atoms with Gasteiger partial charge in [0.05, 0.1) is 6.54 Å². The lowest BCUT2D eigenvalue weighted by Gasteiger charge is -2.53. The van der Waals surface area contributed by atoms with Gasteiger partial charge in [0.25, 0.3) is 5.89 Å². The number of aromatic nitrogens is 4. The van der Waals surface area contributed by atoms with Crippen molar-refractivity contribution in [1.29, 1.82) is 0 Å². The van der Waals surface area contributed by atoms with Crippen molar-refractivity contribution >= 4 is 11.6 Å². The Labute approximate surface area is 253 Å². The average molecular weight is 586 g/mol. The van der Waals surface area contributed by atoms with Gasteiger partial charge in [-0.05, 0) is 108 Å². The molecule has 1 aromatic carbocycles. The third-order valence-corrected chi connectivity index (χ3v) is 11.2. The first kappa shape index (κ1) is 27.4. The van der Waals surface area contributed by atoms with E-state index in [2.05, 4.69) is 56.2 Å². The monoisotopic (exact) mass is 585 g/mol. The first-order valence-electron chi connectivity index (χ1n) is 16.4. The third-order valence-electron chi connectivity index (χ3n) is 11.2. The number of rotatable bonds is 10. The molecule has 3 heterocycles. The van der Waals surface area contributed by atoms with Crippen LogP contribution in [0.4, 0.5) is 5.69 Å². The number of hydrogen-bond acceptors (Lipinski definition) is 9. The van der Waals surface area contributed by atoms with Crippen LogP contribution in [0.5, 0.6) is 0 Å². The van der Waals surface area contributed by atoms with E-state index in [9.17, 15) is 4.79 Å². The zero-order valence-corrected chi connectivity index (χ0v) is 25.5. The molecule has 9 rings (SSSR count). The maximum absolute atomic E-state index is 14.2. The molecule has 6 fully saturated rings. The van der Waals surface area contributed by atoms with E-state index in [-0.39, 0.29) is 16.7 Å². The second-order valence-electron chi connectivity index (χ2n) is 14.4. The summed E-state index contributed by atoms with van der Waals surface area (Å²) < 4.78 is 11.5. The lowest BCUT2D eigenvalue weighted by Crippen LogP contribution is -2.52. The van der Waals surface area contributed by atoms with Crippen LogP contribution in [0.2, 0.25) is 0 Å². The standard InChI is InChI=1S/C33H43N7O3/c1-38(2)26-10-17-39(19-26)20-27(41)40(25-5-3-4-24(18-25)30-34-28(36-42-30)22-6-7-22)21-32-11-14-33(15-12-32,16-13-32)31-35-29(37-43-31)23-8-9-23/h3-5,18,22-23,26H,6-17,19-21H2,1-2H3/t26-,32?,33?/m0/s1. The van der Waals surface area contributed by atoms with Gasteiger partial charge in [-0.25, -0.2) is 0 Å². The summed E-state index contributed by atoms with van der Waals surface area (Å²) in [6.45, 7) is 3.05. The molecule has 2 bridgehead atoms. The van der Waals surface area contributed by atoms with Crippen LogP contribution in [0, 0.1) is 5.41 Å². The minimum absolute atomic E-state index is 0.00457. The maximum Gasteiger partial charge on any atom is 0.258 e. The molecule has 5 aliphatic carbocycles. The van der Waals surface area contributed by atoms with E-state index in [4.69, 9.17) is 14.0 Å². The fourth-order valence-electron chi connectivity index (χ4n) is 7.76. The molecule has 228 valence electrons. The highest BCUT2D eigenvalue weighted by molar-refractivity contribution is 5.95. The van der Waals surface area contributed by atoms with Crippen molar-refractivity contribution in [3.05, 3.63) is 41.8 Å². The molecule has 5 saturated carbocycles. The van der Waals surface area contributed by atoms with Crippen LogP contribution in [0.25, 0.3) is 11.5 Å². The summed E-state index contributed by atoms with van der Waals surface area (Å²) in [6, 6.07) is 8.65. The summed E-state index contributed by atoms with van der Waals surface area (Å²) in [6.07, 6.45) is 12.1. The Bertz CT molecular complexity index is 1460. The van der Waals surface area contributed by atoms with E-state index in [0.717, 1.165) is 106 Å². The summed E-state index contributed by atoms with van der Waals surface area (Å²) in [5.74, 6) is 4.21. The number of likely N-dealkylation sites (N-methyl/N-ethyl adjacent to an activating group) is 1. The lowest BCUT2D eigenvalue weighted by molar-refractivity contribution is -0.120. The highest BCUT2D eigenvalue weighted by Crippen LogP contribution is 2.58. The van der Waals surface area contributed by atoms with Gasteiger partial charge in [0.15, 0.2) is 11.6 Å². The van der Waals surface area contributed by atoms with Crippen molar-refractivity contribution in [2.45, 2.75) is 93.9 Å². The van der Waals surface area contributed by atoms with Crippen molar-refractivity contribution in [3.63, 3.8) is 0 Å². The van der Waals surface area contributed by atoms with Gasteiger partial charge in [0.2, 0.25) is 11.8 Å². The molecular weight excluding hydrogens is 542 g/mol. The van der Waals surface area contributed by atoms with Crippen molar-refractivity contribution in [2.24, 2.45) is 5.41 Å². The molecule has 1 aliphatic heterocycles. The number of fused-ring (bicyclic) bond motifs is 3. The zero-order valence-electron chi connectivity index (χ0n) is 25.5. The van der Waals surface area contributed by atoms with E-state index >= 15 is 0 Å². The number of nitrogens with zero attached hydrogens (tertiary/aromatic N) is 7. The number of amides is 1. The Morgan fingerprint density at radius 1 is 0.930 bits per heavy atom. The summed E-state index contributed by atoms with van der Waals surface area (Å²) in [4.78, 5) is 30.4. The number of carbonyl (C=O) groups is 1. The van der Waals surface area contributed by atoms with Gasteiger partial charge >= 0.3 is 0 Å². The van der Waals surface area contributed by atoms with Gasteiger partial charge in [0.1, 0.15) is 0 Å². The predicted molar refractivity (Wildman–Crippen MR) is 161 cm³/mol. The van der Waals surface area contributed by atoms with E-state index < -0.39 is 0 Å². The topological polar surface area (TPSA) is 105 Å². The second-order valence-corrected chi connectivity index (χ2v) is 14.4. The quantitative estimate of drug-likeness (QED) is 0.320. The van der Waals surface area contributed by atoms with Crippen molar-refractivity contribution in [2.75, 3.05) is 45.2 Å². The molecule has 0 spiro atoms. The molecule has 3 aromatic rings. The molecule has 43 heavy (non-hydrogen) atoms. The highest BCUT2D eigenvalue weighted by atomic mass is 16.5. The number of likely N-dealkylation sites (tertiary alicyclic amines) is 1. The molecule has 0 radical (unpaired) electrons. The SMILES string of the molecule is CN(C)[C@H]1CCN(CC(=O)N(CC23CCC(c4nc(C5CC5)no4)(CC2)CC3)c2cccc(-c3nc(C4CC4)no3)c2)C1. The fourth-order valence-corrected chi connectivity index (χ4v) is 7.76. The third kappa shape index (κ3) is 5.30. The molecule has 0 N–H and O–H groups in total. The smallest absolute Gasteiger partial charge is 0.258 e. The molecule has 1 saturated heterocycles. The van der Waals surface area contributed by atoms with Crippen LogP contribution in [0.1, 0.15) is 100 Å². The van der Waals surface area contributed by atoms with Gasteiger partial charge in [-0.3, -0.25) is 9.69 Å². The maximum atomic E-state index is 14.2. The highest BCUT2D eigenvalue weighted by Gasteiger charge is 2.53. The van der Waals surface area contributed by atoms with Crippen LogP contribution in [0.15, 0.2) is 33.3 Å². The number of carbonyl (C=O) groups excluding carboxylic acids is 1.